The summed E-state index contributed by atoms with van der Waals surface area (Å²) in [6.07, 6.45) is 1.26. The Morgan fingerprint density at radius 2 is 1.74 bits per heavy atom. The number of benzene rings is 3. The molecule has 0 radical (unpaired) electrons. The van der Waals surface area contributed by atoms with E-state index in [-0.39, 0.29) is 17.7 Å². The van der Waals surface area contributed by atoms with Crippen LogP contribution in [-0.2, 0) is 4.79 Å². The lowest BCUT2D eigenvalue weighted by molar-refractivity contribution is -0.123. The lowest BCUT2D eigenvalue weighted by Gasteiger charge is -2.33. The Morgan fingerprint density at radius 3 is 2.48 bits per heavy atom. The van der Waals surface area contributed by atoms with Crippen molar-refractivity contribution in [2.45, 2.75) is 12.8 Å². The van der Waals surface area contributed by atoms with E-state index in [1.165, 1.54) is 7.11 Å². The van der Waals surface area contributed by atoms with E-state index < -0.39 is 0 Å². The second-order valence-electron chi connectivity index (χ2n) is 7.81. The molecule has 3 aromatic carbocycles. The number of carbonyl (C=O) groups is 2. The Labute approximate surface area is 187 Å². The molecule has 5 nitrogen and oxygen atoms in total. The molecule has 1 heterocycles. The van der Waals surface area contributed by atoms with E-state index >= 15 is 0 Å². The summed E-state index contributed by atoms with van der Waals surface area (Å²) < 4.78 is 5.32. The molecular formula is C25H25ClN2O3. The number of hydrogen-bond donors (Lipinski definition) is 0. The van der Waals surface area contributed by atoms with Gasteiger partial charge in [0.25, 0.3) is 5.91 Å². The fourth-order valence-electron chi connectivity index (χ4n) is 4.24. The molecule has 0 spiro atoms. The van der Waals surface area contributed by atoms with E-state index in [1.54, 1.807) is 28.0 Å². The predicted octanol–water partition coefficient (Wildman–Crippen LogP) is 5.02. The summed E-state index contributed by atoms with van der Waals surface area (Å²) in [7, 11) is 3.37. The highest BCUT2D eigenvalue weighted by Crippen LogP contribution is 2.30. The van der Waals surface area contributed by atoms with Crippen molar-refractivity contribution in [3.8, 4) is 5.75 Å². The lowest BCUT2D eigenvalue weighted by Crippen LogP contribution is -2.43. The third kappa shape index (κ3) is 4.23. The molecule has 6 heteroatoms. The number of hydrogen-bond acceptors (Lipinski definition) is 3. The van der Waals surface area contributed by atoms with Crippen LogP contribution in [0.1, 0.15) is 23.2 Å². The maximum absolute atomic E-state index is 13.2. The third-order valence-corrected chi connectivity index (χ3v) is 6.22. The highest BCUT2D eigenvalue weighted by atomic mass is 35.5. The Balaban J connectivity index is 1.45. The maximum Gasteiger partial charge on any atom is 0.257 e. The first kappa shape index (κ1) is 21.2. The summed E-state index contributed by atoms with van der Waals surface area (Å²) in [5.74, 6) is 0.356. The smallest absolute Gasteiger partial charge is 0.257 e. The molecule has 0 unspecified atom stereocenters. The average molecular weight is 437 g/mol. The molecule has 1 aliphatic rings. The van der Waals surface area contributed by atoms with Crippen LogP contribution in [0.25, 0.3) is 10.8 Å². The van der Waals surface area contributed by atoms with Crippen LogP contribution in [0.4, 0.5) is 5.69 Å². The van der Waals surface area contributed by atoms with Crippen molar-refractivity contribution in [2.24, 2.45) is 5.92 Å². The van der Waals surface area contributed by atoms with Gasteiger partial charge in [0.1, 0.15) is 5.75 Å². The van der Waals surface area contributed by atoms with Gasteiger partial charge in [-0.2, -0.15) is 0 Å². The predicted molar refractivity (Wildman–Crippen MR) is 124 cm³/mol. The second kappa shape index (κ2) is 8.98. The van der Waals surface area contributed by atoms with Gasteiger partial charge in [0, 0.05) is 36.5 Å². The van der Waals surface area contributed by atoms with E-state index in [1.807, 2.05) is 49.5 Å². The molecule has 1 saturated heterocycles. The van der Waals surface area contributed by atoms with Crippen molar-refractivity contribution >= 4 is 39.9 Å². The zero-order valence-corrected chi connectivity index (χ0v) is 18.4. The van der Waals surface area contributed by atoms with E-state index in [9.17, 15) is 9.59 Å². The Morgan fingerprint density at radius 1 is 1.03 bits per heavy atom. The second-order valence-corrected chi connectivity index (χ2v) is 8.24. The minimum absolute atomic E-state index is 0.0868. The average Bonchev–Trinajstić information content (AvgIpc) is 2.82. The van der Waals surface area contributed by atoms with Crippen LogP contribution >= 0.6 is 11.6 Å². The molecule has 0 N–H and O–H groups in total. The van der Waals surface area contributed by atoms with Gasteiger partial charge >= 0.3 is 0 Å². The van der Waals surface area contributed by atoms with Crippen LogP contribution in [0.2, 0.25) is 5.02 Å². The van der Waals surface area contributed by atoms with Crippen LogP contribution in [-0.4, -0.2) is 44.0 Å². The quantitative estimate of drug-likeness (QED) is 0.577. The number of methoxy groups -OCH3 is 1. The number of nitrogens with zero attached hydrogens (tertiary/aromatic N) is 2. The molecule has 0 atom stereocenters. The number of rotatable bonds is 4. The Hall–Kier alpha value is -3.05. The van der Waals surface area contributed by atoms with E-state index in [0.29, 0.717) is 42.3 Å². The van der Waals surface area contributed by atoms with Crippen LogP contribution in [0.5, 0.6) is 5.75 Å². The largest absolute Gasteiger partial charge is 0.496 e. The van der Waals surface area contributed by atoms with Gasteiger partial charge in [0.15, 0.2) is 0 Å². The van der Waals surface area contributed by atoms with Crippen molar-refractivity contribution in [3.05, 3.63) is 71.2 Å². The molecule has 160 valence electrons. The van der Waals surface area contributed by atoms with Crippen LogP contribution in [0, 0.1) is 5.92 Å². The van der Waals surface area contributed by atoms with Crippen LogP contribution in [0.15, 0.2) is 60.7 Å². The first-order valence-corrected chi connectivity index (χ1v) is 10.8. The van der Waals surface area contributed by atoms with Crippen molar-refractivity contribution in [2.75, 3.05) is 32.1 Å². The number of carbonyl (C=O) groups excluding carboxylic acids is 2. The van der Waals surface area contributed by atoms with E-state index in [0.717, 1.165) is 16.5 Å². The number of anilines is 1. The summed E-state index contributed by atoms with van der Waals surface area (Å²) >= 11 is 6.08. The number of fused-ring (bicyclic) bond motifs is 1. The van der Waals surface area contributed by atoms with Gasteiger partial charge < -0.3 is 14.5 Å². The molecule has 4 rings (SSSR count). The highest BCUT2D eigenvalue weighted by Gasteiger charge is 2.31. The minimum Gasteiger partial charge on any atom is -0.496 e. The Kier molecular flexibility index (Phi) is 6.14. The van der Waals surface area contributed by atoms with Gasteiger partial charge in [-0.1, -0.05) is 48.0 Å². The Bertz CT molecular complexity index is 1120. The monoisotopic (exact) mass is 436 g/mol. The first-order valence-electron chi connectivity index (χ1n) is 10.4. The SMILES string of the molecule is COc1ccc(Cl)cc1C(=O)N1CCC(C(=O)N(C)c2cccc3ccccc23)CC1. The molecule has 2 amide bonds. The van der Waals surface area contributed by atoms with Gasteiger partial charge in [-0.15, -0.1) is 0 Å². The van der Waals surface area contributed by atoms with Crippen molar-refractivity contribution in [1.82, 2.24) is 4.90 Å². The molecule has 0 bridgehead atoms. The van der Waals surface area contributed by atoms with Crippen LogP contribution in [0.3, 0.4) is 0 Å². The van der Waals surface area contributed by atoms with Gasteiger partial charge in [-0.05, 0) is 42.5 Å². The normalized spacial score (nSPS) is 14.5. The zero-order valence-electron chi connectivity index (χ0n) is 17.7. The van der Waals surface area contributed by atoms with Crippen molar-refractivity contribution in [3.63, 3.8) is 0 Å². The molecule has 0 aliphatic carbocycles. The van der Waals surface area contributed by atoms with E-state index in [4.69, 9.17) is 16.3 Å². The topological polar surface area (TPSA) is 49.9 Å². The maximum atomic E-state index is 13.2. The van der Waals surface area contributed by atoms with Crippen LogP contribution < -0.4 is 9.64 Å². The van der Waals surface area contributed by atoms with E-state index in [2.05, 4.69) is 0 Å². The summed E-state index contributed by atoms with van der Waals surface area (Å²) in [5, 5.41) is 2.66. The van der Waals surface area contributed by atoms with Gasteiger partial charge in [0.05, 0.1) is 18.4 Å². The fraction of sp³-hybridized carbons (Fsp3) is 0.280. The number of amides is 2. The molecule has 0 saturated carbocycles. The number of halogens is 1. The third-order valence-electron chi connectivity index (χ3n) is 5.98. The highest BCUT2D eigenvalue weighted by molar-refractivity contribution is 6.31. The summed E-state index contributed by atoms with van der Waals surface area (Å²) in [6, 6.07) is 19.1. The fourth-order valence-corrected chi connectivity index (χ4v) is 4.41. The van der Waals surface area contributed by atoms with Crippen molar-refractivity contribution in [1.29, 1.82) is 0 Å². The summed E-state index contributed by atoms with van der Waals surface area (Å²) in [4.78, 5) is 29.7. The van der Waals surface area contributed by atoms with Gasteiger partial charge in [-0.3, -0.25) is 9.59 Å². The molecular weight excluding hydrogens is 412 g/mol. The number of piperidine rings is 1. The standard InChI is InChI=1S/C25H25ClN2O3/c1-27(22-9-5-7-17-6-3-4-8-20(17)22)24(29)18-12-14-28(15-13-18)25(30)21-16-19(26)10-11-23(21)31-2/h3-11,16,18H,12-15H2,1-2H3. The minimum atomic E-state index is -0.118. The zero-order chi connectivity index (χ0) is 22.0. The molecule has 1 aliphatic heterocycles. The lowest BCUT2D eigenvalue weighted by atomic mass is 9.94. The number of ether oxygens (including phenoxy) is 1. The summed E-state index contributed by atoms with van der Waals surface area (Å²) in [6.45, 7) is 1.04. The molecule has 3 aromatic rings. The number of likely N-dealkylation sites (tertiary alicyclic amines) is 1. The van der Waals surface area contributed by atoms with Crippen molar-refractivity contribution < 1.29 is 14.3 Å². The molecule has 31 heavy (non-hydrogen) atoms. The van der Waals surface area contributed by atoms with Gasteiger partial charge in [-0.25, -0.2) is 0 Å². The van der Waals surface area contributed by atoms with Gasteiger partial charge in [0.2, 0.25) is 5.91 Å². The molecule has 1 fully saturated rings. The summed E-state index contributed by atoms with van der Waals surface area (Å²) in [5.41, 5.74) is 1.36. The first-order chi connectivity index (χ1) is 15.0. The molecule has 0 aromatic heterocycles.